The number of carbonyl (C=O) groups is 1. The summed E-state index contributed by atoms with van der Waals surface area (Å²) in [7, 11) is 0. The van der Waals surface area contributed by atoms with E-state index in [9.17, 15) is 4.79 Å². The highest BCUT2D eigenvalue weighted by Crippen LogP contribution is 2.16. The van der Waals surface area contributed by atoms with Gasteiger partial charge in [0.05, 0.1) is 0 Å². The summed E-state index contributed by atoms with van der Waals surface area (Å²) in [4.78, 5) is 16.6. The fourth-order valence-corrected chi connectivity index (χ4v) is 2.81. The Balaban J connectivity index is 2.40. The molecule has 1 aliphatic heterocycles. The molecule has 23 heavy (non-hydrogen) atoms. The molecule has 0 bridgehead atoms. The molecule has 1 fully saturated rings. The van der Waals surface area contributed by atoms with Crippen molar-refractivity contribution in [3.63, 3.8) is 0 Å². The Labute approximate surface area is 142 Å². The van der Waals surface area contributed by atoms with Crippen LogP contribution in [0.25, 0.3) is 0 Å². The lowest BCUT2D eigenvalue weighted by atomic mass is 10.1. The number of amides is 1. The summed E-state index contributed by atoms with van der Waals surface area (Å²) in [6, 6.07) is 0.707. The molecule has 0 radical (unpaired) electrons. The first-order valence-electron chi connectivity index (χ1n) is 9.04. The van der Waals surface area contributed by atoms with Crippen molar-refractivity contribution in [2.75, 3.05) is 32.7 Å². The Hall–Kier alpha value is -0.810. The van der Waals surface area contributed by atoms with Crippen molar-refractivity contribution in [1.29, 1.82) is 0 Å². The van der Waals surface area contributed by atoms with E-state index in [0.717, 1.165) is 38.6 Å². The second-order valence-electron chi connectivity index (χ2n) is 8.29. The van der Waals surface area contributed by atoms with Crippen molar-refractivity contribution < 1.29 is 9.53 Å². The van der Waals surface area contributed by atoms with E-state index in [-0.39, 0.29) is 12.1 Å². The summed E-state index contributed by atoms with van der Waals surface area (Å²) in [5.41, 5.74) is -0.439. The molecule has 0 aromatic heterocycles. The van der Waals surface area contributed by atoms with Crippen molar-refractivity contribution in [2.24, 2.45) is 5.92 Å². The molecule has 1 heterocycles. The maximum Gasteiger partial charge on any atom is 0.410 e. The molecule has 5 heteroatoms. The van der Waals surface area contributed by atoms with Gasteiger partial charge in [0.25, 0.3) is 0 Å². The minimum Gasteiger partial charge on any atom is -0.444 e. The van der Waals surface area contributed by atoms with Crippen LogP contribution in [0.1, 0.15) is 54.9 Å². The molecule has 136 valence electrons. The Morgan fingerprint density at radius 1 is 1.30 bits per heavy atom. The number of ether oxygens (including phenoxy) is 1. The molecule has 1 aliphatic rings. The van der Waals surface area contributed by atoms with Crippen LogP contribution < -0.4 is 5.32 Å². The molecule has 0 aliphatic carbocycles. The lowest BCUT2D eigenvalue weighted by Crippen LogP contribution is -2.44. The number of hydrogen-bond acceptors (Lipinski definition) is 4. The monoisotopic (exact) mass is 327 g/mol. The minimum atomic E-state index is -0.439. The molecule has 0 aromatic carbocycles. The van der Waals surface area contributed by atoms with Crippen LogP contribution in [-0.4, -0.2) is 66.3 Å². The molecular weight excluding hydrogens is 290 g/mol. The number of carbonyl (C=O) groups excluding carboxylic acids is 1. The first-order valence-corrected chi connectivity index (χ1v) is 9.04. The Kier molecular flexibility index (Phi) is 7.81. The van der Waals surface area contributed by atoms with Crippen LogP contribution in [0.5, 0.6) is 0 Å². The highest BCUT2D eigenvalue weighted by molar-refractivity contribution is 5.68. The van der Waals surface area contributed by atoms with Crippen LogP contribution in [0, 0.1) is 5.92 Å². The van der Waals surface area contributed by atoms with Gasteiger partial charge < -0.3 is 19.9 Å². The van der Waals surface area contributed by atoms with Crippen molar-refractivity contribution in [3.8, 4) is 0 Å². The zero-order chi connectivity index (χ0) is 17.6. The van der Waals surface area contributed by atoms with E-state index in [1.165, 1.54) is 6.42 Å². The first kappa shape index (κ1) is 20.2. The third-order valence-electron chi connectivity index (χ3n) is 4.09. The number of hydrogen-bond donors (Lipinski definition) is 1. The number of nitrogens with one attached hydrogen (secondary N) is 1. The normalized spacial score (nSPS) is 19.6. The van der Waals surface area contributed by atoms with Gasteiger partial charge in [0, 0.05) is 31.7 Å². The van der Waals surface area contributed by atoms with E-state index < -0.39 is 5.60 Å². The molecule has 0 saturated carbocycles. The van der Waals surface area contributed by atoms with Gasteiger partial charge in [0.1, 0.15) is 5.60 Å². The fraction of sp³-hybridized carbons (Fsp3) is 0.944. The molecule has 1 amide bonds. The SMILES string of the molecule is CC(C)NCC1CCN(CCN(C(=O)OC(C)(C)C)C(C)C)C1. The smallest absolute Gasteiger partial charge is 0.410 e. The number of likely N-dealkylation sites (tertiary alicyclic amines) is 1. The second-order valence-corrected chi connectivity index (χ2v) is 8.29. The Bertz CT molecular complexity index is 364. The standard InChI is InChI=1S/C18H37N3O2/c1-14(2)19-12-16-8-9-20(13-16)10-11-21(15(3)4)17(22)23-18(5,6)7/h14-16,19H,8-13H2,1-7H3. The van der Waals surface area contributed by atoms with Gasteiger partial charge in [0.15, 0.2) is 0 Å². The van der Waals surface area contributed by atoms with Crippen molar-refractivity contribution in [1.82, 2.24) is 15.1 Å². The van der Waals surface area contributed by atoms with Crippen molar-refractivity contribution >= 4 is 6.09 Å². The lowest BCUT2D eigenvalue weighted by Gasteiger charge is -2.31. The van der Waals surface area contributed by atoms with E-state index in [1.54, 1.807) is 0 Å². The summed E-state index contributed by atoms with van der Waals surface area (Å²) in [5, 5.41) is 3.52. The predicted octanol–water partition coefficient (Wildman–Crippen LogP) is 2.95. The third kappa shape index (κ3) is 8.02. The van der Waals surface area contributed by atoms with Crippen LogP contribution in [-0.2, 0) is 4.74 Å². The van der Waals surface area contributed by atoms with E-state index in [0.29, 0.717) is 6.04 Å². The molecule has 0 aromatic rings. The first-order chi connectivity index (χ1) is 10.6. The third-order valence-corrected chi connectivity index (χ3v) is 4.09. The van der Waals surface area contributed by atoms with E-state index in [1.807, 2.05) is 39.5 Å². The van der Waals surface area contributed by atoms with Gasteiger partial charge in [-0.3, -0.25) is 0 Å². The summed E-state index contributed by atoms with van der Waals surface area (Å²) < 4.78 is 5.52. The van der Waals surface area contributed by atoms with E-state index in [4.69, 9.17) is 4.74 Å². The van der Waals surface area contributed by atoms with Gasteiger partial charge >= 0.3 is 6.09 Å². The van der Waals surface area contributed by atoms with Crippen molar-refractivity contribution in [2.45, 2.75) is 72.6 Å². The van der Waals surface area contributed by atoms with Gasteiger partial charge in [-0.05, 0) is 60.0 Å². The largest absolute Gasteiger partial charge is 0.444 e. The predicted molar refractivity (Wildman–Crippen MR) is 95.8 cm³/mol. The zero-order valence-corrected chi connectivity index (χ0v) is 16.2. The van der Waals surface area contributed by atoms with Gasteiger partial charge in [-0.1, -0.05) is 13.8 Å². The average molecular weight is 328 g/mol. The zero-order valence-electron chi connectivity index (χ0n) is 16.2. The molecule has 1 N–H and O–H groups in total. The van der Waals surface area contributed by atoms with Crippen LogP contribution in [0.3, 0.4) is 0 Å². The Morgan fingerprint density at radius 2 is 1.96 bits per heavy atom. The molecule has 1 atom stereocenters. The molecule has 1 rings (SSSR count). The summed E-state index contributed by atoms with van der Waals surface area (Å²) in [5.74, 6) is 0.728. The minimum absolute atomic E-state index is 0.158. The number of rotatable bonds is 7. The van der Waals surface area contributed by atoms with E-state index in [2.05, 4.69) is 24.1 Å². The lowest BCUT2D eigenvalue weighted by molar-refractivity contribution is 0.0175. The summed E-state index contributed by atoms with van der Waals surface area (Å²) in [6.45, 7) is 19.2. The van der Waals surface area contributed by atoms with Crippen LogP contribution in [0.2, 0.25) is 0 Å². The Morgan fingerprint density at radius 3 is 2.48 bits per heavy atom. The summed E-state index contributed by atoms with van der Waals surface area (Å²) >= 11 is 0. The molecular formula is C18H37N3O2. The highest BCUT2D eigenvalue weighted by Gasteiger charge is 2.26. The van der Waals surface area contributed by atoms with E-state index >= 15 is 0 Å². The van der Waals surface area contributed by atoms with Crippen molar-refractivity contribution in [3.05, 3.63) is 0 Å². The molecule has 5 nitrogen and oxygen atoms in total. The van der Waals surface area contributed by atoms with Crippen LogP contribution in [0.15, 0.2) is 0 Å². The molecule has 1 unspecified atom stereocenters. The summed E-state index contributed by atoms with van der Waals surface area (Å²) in [6.07, 6.45) is 1.04. The maximum absolute atomic E-state index is 12.3. The topological polar surface area (TPSA) is 44.8 Å². The van der Waals surface area contributed by atoms with Gasteiger partial charge in [-0.15, -0.1) is 0 Å². The van der Waals surface area contributed by atoms with Crippen LogP contribution in [0.4, 0.5) is 4.79 Å². The van der Waals surface area contributed by atoms with Gasteiger partial charge in [0.2, 0.25) is 0 Å². The fourth-order valence-electron chi connectivity index (χ4n) is 2.81. The maximum atomic E-state index is 12.3. The quantitative estimate of drug-likeness (QED) is 0.781. The molecule has 0 spiro atoms. The second kappa shape index (κ2) is 8.88. The van der Waals surface area contributed by atoms with Crippen LogP contribution >= 0.6 is 0 Å². The number of nitrogens with zero attached hydrogens (tertiary/aromatic N) is 2. The van der Waals surface area contributed by atoms with Gasteiger partial charge in [-0.25, -0.2) is 4.79 Å². The van der Waals surface area contributed by atoms with Gasteiger partial charge in [-0.2, -0.15) is 0 Å². The highest BCUT2D eigenvalue weighted by atomic mass is 16.6. The molecule has 1 saturated heterocycles. The average Bonchev–Trinajstić information content (AvgIpc) is 2.82.